The van der Waals surface area contributed by atoms with Crippen molar-refractivity contribution in [2.24, 2.45) is 0 Å². The van der Waals surface area contributed by atoms with Gasteiger partial charge >= 0.3 is 0 Å². The minimum absolute atomic E-state index is 0.233. The number of hydrogen-bond donors (Lipinski definition) is 2. The maximum atomic E-state index is 11.8. The van der Waals surface area contributed by atoms with E-state index in [1.807, 2.05) is 0 Å². The van der Waals surface area contributed by atoms with E-state index in [9.17, 15) is 4.79 Å². The van der Waals surface area contributed by atoms with Gasteiger partial charge in [-0.2, -0.15) is 0 Å². The molecule has 0 aromatic carbocycles. The van der Waals surface area contributed by atoms with Gasteiger partial charge in [0.15, 0.2) is 0 Å². The highest BCUT2D eigenvalue weighted by Crippen LogP contribution is 2.14. The van der Waals surface area contributed by atoms with Crippen LogP contribution in [0, 0.1) is 0 Å². The van der Waals surface area contributed by atoms with Crippen LogP contribution in [0.4, 0.5) is 5.69 Å². The van der Waals surface area contributed by atoms with Crippen LogP contribution in [0.25, 0.3) is 0 Å². The number of hydrogen-bond acceptors (Lipinski definition) is 4. The molecule has 0 saturated carbocycles. The lowest BCUT2D eigenvalue weighted by molar-refractivity contribution is 0.0918. The number of carbonyl (C=O) groups excluding carboxylic acids is 1. The SMILES string of the molecule is C=CCCOCCNC(=O)c1cc(Cl)ncc1N. The predicted octanol–water partition coefficient (Wildman–Crippen LogP) is 1.64. The van der Waals surface area contributed by atoms with Crippen molar-refractivity contribution in [3.8, 4) is 0 Å². The number of amides is 1. The molecule has 0 fully saturated rings. The molecule has 3 N–H and O–H groups in total. The lowest BCUT2D eigenvalue weighted by Crippen LogP contribution is -2.28. The molecule has 18 heavy (non-hydrogen) atoms. The van der Waals surface area contributed by atoms with Gasteiger partial charge < -0.3 is 15.8 Å². The first-order chi connectivity index (χ1) is 8.65. The standard InChI is InChI=1S/C12H16ClN3O2/c1-2-3-5-18-6-4-15-12(17)9-7-11(13)16-8-10(9)14/h2,7-8H,1,3-6,14H2,(H,15,17). The van der Waals surface area contributed by atoms with Crippen molar-refractivity contribution in [2.45, 2.75) is 6.42 Å². The third kappa shape index (κ3) is 4.73. The number of nitrogens with zero attached hydrogens (tertiary/aromatic N) is 1. The van der Waals surface area contributed by atoms with Crippen LogP contribution < -0.4 is 11.1 Å². The van der Waals surface area contributed by atoms with Gasteiger partial charge in [-0.05, 0) is 12.5 Å². The largest absolute Gasteiger partial charge is 0.397 e. The maximum Gasteiger partial charge on any atom is 0.253 e. The van der Waals surface area contributed by atoms with Gasteiger partial charge in [-0.3, -0.25) is 4.79 Å². The number of aromatic nitrogens is 1. The average molecular weight is 270 g/mol. The highest BCUT2D eigenvalue weighted by Gasteiger charge is 2.10. The Morgan fingerprint density at radius 2 is 2.39 bits per heavy atom. The summed E-state index contributed by atoms with van der Waals surface area (Å²) >= 11 is 5.70. The van der Waals surface area contributed by atoms with Crippen molar-refractivity contribution < 1.29 is 9.53 Å². The molecule has 0 spiro atoms. The van der Waals surface area contributed by atoms with Crippen LogP contribution in [0.2, 0.25) is 5.15 Å². The molecular weight excluding hydrogens is 254 g/mol. The Kier molecular flexibility index (Phi) is 6.18. The molecule has 1 aromatic heterocycles. The molecule has 0 unspecified atom stereocenters. The zero-order valence-electron chi connectivity index (χ0n) is 9.99. The lowest BCUT2D eigenvalue weighted by atomic mass is 10.2. The van der Waals surface area contributed by atoms with Crippen LogP contribution in [0.1, 0.15) is 16.8 Å². The second-order valence-corrected chi connectivity index (χ2v) is 3.93. The van der Waals surface area contributed by atoms with Crippen molar-refractivity contribution in [2.75, 3.05) is 25.5 Å². The van der Waals surface area contributed by atoms with Crippen molar-refractivity contribution >= 4 is 23.2 Å². The molecule has 6 heteroatoms. The van der Waals surface area contributed by atoms with Crippen molar-refractivity contribution in [1.29, 1.82) is 0 Å². The molecule has 0 aliphatic heterocycles. The molecule has 1 heterocycles. The van der Waals surface area contributed by atoms with Gasteiger partial charge in [0.1, 0.15) is 5.15 Å². The summed E-state index contributed by atoms with van der Waals surface area (Å²) in [4.78, 5) is 15.5. The average Bonchev–Trinajstić information content (AvgIpc) is 2.36. The molecule has 5 nitrogen and oxygen atoms in total. The van der Waals surface area contributed by atoms with E-state index in [-0.39, 0.29) is 11.1 Å². The molecule has 0 aliphatic carbocycles. The van der Waals surface area contributed by atoms with E-state index in [1.54, 1.807) is 6.08 Å². The molecule has 0 bridgehead atoms. The topological polar surface area (TPSA) is 77.2 Å². The molecule has 0 atom stereocenters. The Labute approximate surface area is 111 Å². The second-order valence-electron chi connectivity index (χ2n) is 3.54. The normalized spacial score (nSPS) is 10.1. The van der Waals surface area contributed by atoms with E-state index in [0.717, 1.165) is 6.42 Å². The van der Waals surface area contributed by atoms with Crippen molar-refractivity contribution in [3.05, 3.63) is 35.6 Å². The van der Waals surface area contributed by atoms with Crippen molar-refractivity contribution in [3.63, 3.8) is 0 Å². The highest BCUT2D eigenvalue weighted by molar-refractivity contribution is 6.29. The summed E-state index contributed by atoms with van der Waals surface area (Å²) in [7, 11) is 0. The first-order valence-electron chi connectivity index (χ1n) is 5.53. The summed E-state index contributed by atoms with van der Waals surface area (Å²) in [6.45, 7) is 5.04. The Hall–Kier alpha value is -1.59. The first kappa shape index (κ1) is 14.5. The fourth-order valence-electron chi connectivity index (χ4n) is 1.24. The van der Waals surface area contributed by atoms with Crippen LogP contribution in [0.5, 0.6) is 0 Å². The van der Waals surface area contributed by atoms with E-state index < -0.39 is 0 Å². The molecular formula is C12H16ClN3O2. The van der Waals surface area contributed by atoms with Crippen molar-refractivity contribution in [1.82, 2.24) is 10.3 Å². The van der Waals surface area contributed by atoms with Gasteiger partial charge in [0.2, 0.25) is 0 Å². The van der Waals surface area contributed by atoms with Crippen LogP contribution in [-0.4, -0.2) is 30.6 Å². The van der Waals surface area contributed by atoms with E-state index in [4.69, 9.17) is 22.1 Å². The number of halogens is 1. The smallest absolute Gasteiger partial charge is 0.253 e. The summed E-state index contributed by atoms with van der Waals surface area (Å²) in [5.74, 6) is -0.288. The Morgan fingerprint density at radius 3 is 3.11 bits per heavy atom. The molecule has 0 saturated heterocycles. The van der Waals surface area contributed by atoms with E-state index in [1.165, 1.54) is 12.3 Å². The zero-order chi connectivity index (χ0) is 13.4. The van der Waals surface area contributed by atoms with E-state index in [0.29, 0.717) is 31.0 Å². The summed E-state index contributed by atoms with van der Waals surface area (Å²) in [5, 5.41) is 2.92. The number of anilines is 1. The Balaban J connectivity index is 2.36. The Bertz CT molecular complexity index is 424. The number of ether oxygens (including phenoxy) is 1. The van der Waals surface area contributed by atoms with E-state index in [2.05, 4.69) is 16.9 Å². The third-order valence-electron chi connectivity index (χ3n) is 2.14. The predicted molar refractivity (Wildman–Crippen MR) is 71.6 cm³/mol. The van der Waals surface area contributed by atoms with Gasteiger partial charge in [0, 0.05) is 6.54 Å². The summed E-state index contributed by atoms with van der Waals surface area (Å²) < 4.78 is 5.26. The van der Waals surface area contributed by atoms with Gasteiger partial charge in [0.25, 0.3) is 5.91 Å². The number of carbonyl (C=O) groups is 1. The van der Waals surface area contributed by atoms with Crippen LogP contribution in [0.15, 0.2) is 24.9 Å². The molecule has 1 amide bonds. The number of nitrogen functional groups attached to an aromatic ring is 1. The Morgan fingerprint density at radius 1 is 1.61 bits per heavy atom. The van der Waals surface area contributed by atoms with Crippen LogP contribution in [0.3, 0.4) is 0 Å². The second kappa shape index (κ2) is 7.68. The van der Waals surface area contributed by atoms with Crippen LogP contribution >= 0.6 is 11.6 Å². The van der Waals surface area contributed by atoms with Crippen LogP contribution in [-0.2, 0) is 4.74 Å². The number of rotatable bonds is 7. The van der Waals surface area contributed by atoms with E-state index >= 15 is 0 Å². The number of pyridine rings is 1. The quantitative estimate of drug-likeness (QED) is 0.448. The minimum Gasteiger partial charge on any atom is -0.397 e. The zero-order valence-corrected chi connectivity index (χ0v) is 10.7. The summed E-state index contributed by atoms with van der Waals surface area (Å²) in [6, 6.07) is 1.44. The molecule has 0 aliphatic rings. The number of nitrogens with one attached hydrogen (secondary N) is 1. The monoisotopic (exact) mass is 269 g/mol. The first-order valence-corrected chi connectivity index (χ1v) is 5.90. The van der Waals surface area contributed by atoms with Gasteiger partial charge in [-0.25, -0.2) is 4.98 Å². The molecule has 98 valence electrons. The summed E-state index contributed by atoms with van der Waals surface area (Å²) in [6.07, 6.45) is 3.93. The fraction of sp³-hybridized carbons (Fsp3) is 0.333. The lowest BCUT2D eigenvalue weighted by Gasteiger charge is -2.07. The fourth-order valence-corrected chi connectivity index (χ4v) is 1.40. The number of nitrogens with two attached hydrogens (primary N) is 1. The third-order valence-corrected chi connectivity index (χ3v) is 2.35. The molecule has 0 radical (unpaired) electrons. The minimum atomic E-state index is -0.288. The van der Waals surface area contributed by atoms with Gasteiger partial charge in [-0.1, -0.05) is 17.7 Å². The van der Waals surface area contributed by atoms with Gasteiger partial charge in [-0.15, -0.1) is 6.58 Å². The molecule has 1 rings (SSSR count). The highest BCUT2D eigenvalue weighted by atomic mass is 35.5. The maximum absolute atomic E-state index is 11.8. The summed E-state index contributed by atoms with van der Waals surface area (Å²) in [5.41, 5.74) is 6.25. The van der Waals surface area contributed by atoms with Gasteiger partial charge in [0.05, 0.1) is 30.7 Å². The molecule has 1 aromatic rings.